The summed E-state index contributed by atoms with van der Waals surface area (Å²) in [5.74, 6) is -3.64. The molecule has 1 unspecified atom stereocenters. The van der Waals surface area contributed by atoms with Gasteiger partial charge in [-0.3, -0.25) is 19.9 Å². The van der Waals surface area contributed by atoms with Gasteiger partial charge >= 0.3 is 0 Å². The number of piperidine rings is 1. The number of hydrogen-bond donors (Lipinski definition) is 1. The van der Waals surface area contributed by atoms with Crippen molar-refractivity contribution in [2.45, 2.75) is 17.4 Å². The van der Waals surface area contributed by atoms with Crippen LogP contribution in [-0.2, 0) is 10.3 Å². The lowest BCUT2D eigenvalue weighted by molar-refractivity contribution is -0.132. The van der Waals surface area contributed by atoms with Gasteiger partial charge in [0.05, 0.1) is 11.6 Å². The van der Waals surface area contributed by atoms with Crippen molar-refractivity contribution in [3.63, 3.8) is 0 Å². The second kappa shape index (κ2) is 11.0. The van der Waals surface area contributed by atoms with E-state index in [9.17, 15) is 25.5 Å². The van der Waals surface area contributed by atoms with E-state index in [1.165, 1.54) is 4.90 Å². The van der Waals surface area contributed by atoms with E-state index < -0.39 is 46.2 Å². The molecule has 2 heterocycles. The number of fused-ring (bicyclic) bond motifs is 3. The predicted molar refractivity (Wildman–Crippen MR) is 181 cm³/mol. The zero-order valence-corrected chi connectivity index (χ0v) is 28.3. The summed E-state index contributed by atoms with van der Waals surface area (Å²) in [6, 6.07) is 32.6. The number of hydrogen-bond acceptors (Lipinski definition) is 5. The van der Waals surface area contributed by atoms with E-state index in [0.29, 0.717) is 21.2 Å². The van der Waals surface area contributed by atoms with Gasteiger partial charge in [-0.05, 0) is 77.4 Å². The summed E-state index contributed by atoms with van der Waals surface area (Å²) < 4.78 is 1.64. The quantitative estimate of drug-likeness (QED) is 0.205. The molecule has 5 atom stereocenters. The van der Waals surface area contributed by atoms with E-state index in [2.05, 4.69) is 44.0 Å². The summed E-state index contributed by atoms with van der Waals surface area (Å²) in [4.78, 5) is 30.8. The summed E-state index contributed by atoms with van der Waals surface area (Å²) in [5.41, 5.74) is -0.834. The third-order valence-corrected chi connectivity index (χ3v) is 11.0. The van der Waals surface area contributed by atoms with Gasteiger partial charge in [-0.15, -0.1) is 0 Å². The van der Waals surface area contributed by atoms with Crippen molar-refractivity contribution in [2.24, 2.45) is 11.3 Å². The number of amides is 1. The van der Waals surface area contributed by atoms with Crippen molar-refractivity contribution in [3.8, 4) is 12.1 Å². The molecule has 1 N–H and O–H groups in total. The number of nitriles is 2. The average molecular weight is 771 g/mol. The van der Waals surface area contributed by atoms with Gasteiger partial charge in [0, 0.05) is 47.9 Å². The molecule has 2 aliphatic heterocycles. The Morgan fingerprint density at radius 2 is 1.33 bits per heavy atom. The first kappa shape index (κ1) is 30.6. The molecule has 0 aromatic heterocycles. The van der Waals surface area contributed by atoms with Gasteiger partial charge in [-0.25, -0.2) is 0 Å². The molecular weight excluding hydrogens is 751 g/mol. The molecule has 4 aromatic rings. The number of nitrogens with one attached hydrogen (secondary N) is 1. The summed E-state index contributed by atoms with van der Waals surface area (Å²) in [7, 11) is 0. The van der Waals surface area contributed by atoms with Crippen molar-refractivity contribution in [1.29, 1.82) is 15.9 Å². The van der Waals surface area contributed by atoms with Crippen molar-refractivity contribution in [1.82, 2.24) is 4.90 Å². The van der Waals surface area contributed by atoms with E-state index in [0.717, 1.165) is 14.5 Å². The van der Waals surface area contributed by atoms with Gasteiger partial charge < -0.3 is 0 Å². The van der Waals surface area contributed by atoms with Crippen LogP contribution in [0, 0.1) is 39.4 Å². The molecule has 1 aliphatic carbocycles. The van der Waals surface area contributed by atoms with Crippen LogP contribution >= 0.6 is 55.1 Å². The lowest BCUT2D eigenvalue weighted by Crippen LogP contribution is -2.58. The topological polar surface area (TPSA) is 109 Å². The lowest BCUT2D eigenvalue weighted by atomic mass is 9.62. The second-order valence-corrected chi connectivity index (χ2v) is 14.2. The van der Waals surface area contributed by atoms with E-state index in [-0.39, 0.29) is 16.7 Å². The zero-order chi connectivity index (χ0) is 32.5. The molecule has 6 nitrogen and oxygen atoms in total. The SMILES string of the molecule is N#CC1=C(C(=O)c2ccc(Cl)cc2)[C@H](c2ccc(Br)cc2)[C@]2(c3ccc(Cl)cc3)C3[C@@H](c4ccc(Br)cc4)[C@@]3(C#N)C(=O)N2C1=N. The van der Waals surface area contributed by atoms with Gasteiger partial charge in [0.2, 0.25) is 0 Å². The third-order valence-electron chi connectivity index (χ3n) is 9.45. The second-order valence-electron chi connectivity index (χ2n) is 11.5. The third kappa shape index (κ3) is 4.14. The fraction of sp³-hybridized carbons (Fsp3) is 0.139. The van der Waals surface area contributed by atoms with E-state index in [1.807, 2.05) is 48.5 Å². The maximum atomic E-state index is 14.8. The minimum Gasteiger partial charge on any atom is -0.289 e. The summed E-state index contributed by atoms with van der Waals surface area (Å²) in [5, 5.41) is 31.8. The van der Waals surface area contributed by atoms with Gasteiger partial charge in [-0.2, -0.15) is 10.5 Å². The molecule has 224 valence electrons. The average Bonchev–Trinajstić information content (AvgIpc) is 3.69. The molecule has 1 saturated heterocycles. The highest BCUT2D eigenvalue weighted by molar-refractivity contribution is 9.10. The van der Waals surface area contributed by atoms with Crippen LogP contribution < -0.4 is 0 Å². The first-order valence-corrected chi connectivity index (χ1v) is 16.5. The Morgan fingerprint density at radius 1 is 0.804 bits per heavy atom. The molecule has 1 saturated carbocycles. The summed E-state index contributed by atoms with van der Waals surface area (Å²) in [6.07, 6.45) is 0. The molecule has 7 rings (SSSR count). The van der Waals surface area contributed by atoms with Gasteiger partial charge in [-0.1, -0.05) is 91.5 Å². The minimum absolute atomic E-state index is 0.0753. The predicted octanol–water partition coefficient (Wildman–Crippen LogP) is 8.96. The zero-order valence-electron chi connectivity index (χ0n) is 23.6. The first-order valence-electron chi connectivity index (χ1n) is 14.2. The molecule has 0 bridgehead atoms. The van der Waals surface area contributed by atoms with Crippen LogP contribution in [0.2, 0.25) is 10.0 Å². The molecule has 0 spiro atoms. The highest BCUT2D eigenvalue weighted by atomic mass is 79.9. The summed E-state index contributed by atoms with van der Waals surface area (Å²) in [6.45, 7) is 0. The Morgan fingerprint density at radius 3 is 1.85 bits per heavy atom. The van der Waals surface area contributed by atoms with E-state index >= 15 is 0 Å². The van der Waals surface area contributed by atoms with Crippen LogP contribution in [0.3, 0.4) is 0 Å². The maximum Gasteiger partial charge on any atom is 0.250 e. The molecule has 3 aliphatic rings. The number of nitrogens with zero attached hydrogens (tertiary/aromatic N) is 3. The van der Waals surface area contributed by atoms with Crippen LogP contribution in [0.1, 0.15) is 38.9 Å². The fourth-order valence-corrected chi connectivity index (χ4v) is 8.42. The largest absolute Gasteiger partial charge is 0.289 e. The Labute approximate surface area is 291 Å². The van der Waals surface area contributed by atoms with Crippen molar-refractivity contribution < 1.29 is 9.59 Å². The highest BCUT2D eigenvalue weighted by Crippen LogP contribution is 2.80. The molecular formula is C36H20Br2Cl2N4O2. The first-order chi connectivity index (χ1) is 22.1. The highest BCUT2D eigenvalue weighted by Gasteiger charge is 2.87. The van der Waals surface area contributed by atoms with Crippen LogP contribution in [0.25, 0.3) is 0 Å². The molecule has 0 radical (unpaired) electrons. The number of amidine groups is 1. The van der Waals surface area contributed by atoms with E-state index in [4.69, 9.17) is 23.2 Å². The molecule has 46 heavy (non-hydrogen) atoms. The van der Waals surface area contributed by atoms with Crippen LogP contribution in [-0.4, -0.2) is 22.4 Å². The molecule has 2 fully saturated rings. The maximum absolute atomic E-state index is 14.8. The normalized spacial score (nSPS) is 26.2. The smallest absolute Gasteiger partial charge is 0.250 e. The number of carbonyl (C=O) groups excluding carboxylic acids is 2. The molecule has 4 aromatic carbocycles. The van der Waals surface area contributed by atoms with Crippen molar-refractivity contribution in [3.05, 3.63) is 149 Å². The molecule has 1 amide bonds. The number of rotatable bonds is 5. The number of Topliss-reactive ketones (excluding diaryl/α,β-unsaturated/α-hetero) is 1. The Hall–Kier alpha value is -4.05. The Balaban J connectivity index is 1.60. The monoisotopic (exact) mass is 768 g/mol. The lowest BCUT2D eigenvalue weighted by Gasteiger charge is -2.51. The number of carbonyl (C=O) groups is 2. The fourth-order valence-electron chi connectivity index (χ4n) is 7.64. The number of benzene rings is 4. The van der Waals surface area contributed by atoms with Gasteiger partial charge in [0.1, 0.15) is 22.9 Å². The molecule has 10 heteroatoms. The van der Waals surface area contributed by atoms with Crippen molar-refractivity contribution >= 4 is 72.6 Å². The summed E-state index contributed by atoms with van der Waals surface area (Å²) >= 11 is 19.5. The van der Waals surface area contributed by atoms with Crippen LogP contribution in [0.4, 0.5) is 0 Å². The van der Waals surface area contributed by atoms with Gasteiger partial charge in [0.25, 0.3) is 5.91 Å². The number of halogens is 4. The number of ketones is 1. The van der Waals surface area contributed by atoms with Crippen molar-refractivity contribution in [2.75, 3.05) is 0 Å². The Kier molecular flexibility index (Phi) is 7.34. The van der Waals surface area contributed by atoms with Crippen LogP contribution in [0.5, 0.6) is 0 Å². The van der Waals surface area contributed by atoms with Gasteiger partial charge in [0.15, 0.2) is 5.78 Å². The Bertz CT molecular complexity index is 2080. The minimum atomic E-state index is -1.55. The van der Waals surface area contributed by atoms with Crippen LogP contribution in [0.15, 0.2) is 117 Å². The van der Waals surface area contributed by atoms with E-state index in [1.54, 1.807) is 48.5 Å². The standard InChI is InChI=1S/C36H20Br2Cl2N4O2/c37-23-9-1-19(2-10-23)29-28(31(45)21-5-13-25(39)14-6-21)27(17-41)33(43)44-34(46)35(18-42)30(20-3-11-24(38)12-4-20)32(35)36(29,44)22-7-15-26(40)16-8-22/h1-16,29-30,32,43H/t29-,30+,32?,35+,36+/m0/s1.